The molecule has 3 rings (SSSR count). The number of hydrogen-bond acceptors (Lipinski definition) is 3. The van der Waals surface area contributed by atoms with Crippen molar-refractivity contribution in [2.75, 3.05) is 36.4 Å². The predicted molar refractivity (Wildman–Crippen MR) is 109 cm³/mol. The minimum Gasteiger partial charge on any atom is -0.368 e. The summed E-state index contributed by atoms with van der Waals surface area (Å²) >= 11 is 0. The Morgan fingerprint density at radius 3 is 2.21 bits per heavy atom. The van der Waals surface area contributed by atoms with Gasteiger partial charge in [-0.15, -0.1) is 0 Å². The maximum atomic E-state index is 13.1. The van der Waals surface area contributed by atoms with Crippen LogP contribution in [-0.4, -0.2) is 42.9 Å². The Bertz CT molecular complexity index is 798. The van der Waals surface area contributed by atoms with Crippen molar-refractivity contribution in [1.82, 2.24) is 4.90 Å². The summed E-state index contributed by atoms with van der Waals surface area (Å²) in [6.07, 6.45) is 3.29. The molecular weight excluding hydrogens is 357 g/mol. The highest BCUT2D eigenvalue weighted by molar-refractivity contribution is 6.39. The first kappa shape index (κ1) is 19.9. The van der Waals surface area contributed by atoms with Gasteiger partial charge in [-0.05, 0) is 54.8 Å². The van der Waals surface area contributed by atoms with Crippen molar-refractivity contribution in [3.05, 3.63) is 59.9 Å². The van der Waals surface area contributed by atoms with E-state index in [1.807, 2.05) is 24.3 Å². The van der Waals surface area contributed by atoms with E-state index in [1.54, 1.807) is 17.0 Å². The molecule has 0 spiro atoms. The number of aryl methyl sites for hydroxylation is 1. The van der Waals surface area contributed by atoms with Crippen LogP contribution >= 0.6 is 0 Å². The van der Waals surface area contributed by atoms with Crippen molar-refractivity contribution in [1.29, 1.82) is 0 Å². The Hall–Kier alpha value is -2.89. The molecule has 0 aliphatic carbocycles. The van der Waals surface area contributed by atoms with Crippen molar-refractivity contribution >= 4 is 23.2 Å². The van der Waals surface area contributed by atoms with Gasteiger partial charge in [0.15, 0.2) is 0 Å². The van der Waals surface area contributed by atoms with Crippen molar-refractivity contribution < 1.29 is 14.0 Å². The fraction of sp³-hybridized carbons (Fsp3) is 0.364. The fourth-order valence-electron chi connectivity index (χ4n) is 3.28. The second-order valence-electron chi connectivity index (χ2n) is 7.01. The van der Waals surface area contributed by atoms with Crippen LogP contribution in [0.2, 0.25) is 0 Å². The van der Waals surface area contributed by atoms with Crippen LogP contribution in [0.25, 0.3) is 0 Å². The highest BCUT2D eigenvalue weighted by Gasteiger charge is 2.26. The van der Waals surface area contributed by atoms with Crippen LogP contribution in [0.15, 0.2) is 48.5 Å². The molecular formula is C22H26FN3O2. The summed E-state index contributed by atoms with van der Waals surface area (Å²) in [5.41, 5.74) is 2.77. The molecule has 0 radical (unpaired) electrons. The van der Waals surface area contributed by atoms with E-state index < -0.39 is 11.8 Å². The maximum absolute atomic E-state index is 13.1. The molecule has 2 aromatic rings. The Morgan fingerprint density at radius 2 is 1.61 bits per heavy atom. The van der Waals surface area contributed by atoms with Gasteiger partial charge in [-0.3, -0.25) is 9.59 Å². The molecule has 1 aliphatic rings. The number of unbranched alkanes of at least 4 members (excludes halogenated alkanes) is 1. The zero-order valence-corrected chi connectivity index (χ0v) is 16.2. The Kier molecular flexibility index (Phi) is 6.63. The number of carbonyl (C=O) groups excluding carboxylic acids is 2. The van der Waals surface area contributed by atoms with Crippen molar-refractivity contribution in [3.8, 4) is 0 Å². The van der Waals surface area contributed by atoms with Gasteiger partial charge in [0.25, 0.3) is 0 Å². The van der Waals surface area contributed by atoms with Gasteiger partial charge in [0, 0.05) is 37.6 Å². The highest BCUT2D eigenvalue weighted by atomic mass is 19.1. The van der Waals surface area contributed by atoms with E-state index in [0.29, 0.717) is 31.9 Å². The van der Waals surface area contributed by atoms with Crippen LogP contribution < -0.4 is 10.2 Å². The summed E-state index contributed by atoms with van der Waals surface area (Å²) in [7, 11) is 0. The summed E-state index contributed by atoms with van der Waals surface area (Å²) in [5, 5.41) is 2.69. The van der Waals surface area contributed by atoms with Gasteiger partial charge in [-0.2, -0.15) is 0 Å². The Labute approximate surface area is 165 Å². The second-order valence-corrected chi connectivity index (χ2v) is 7.01. The average Bonchev–Trinajstić information content (AvgIpc) is 2.73. The molecule has 0 aromatic heterocycles. The summed E-state index contributed by atoms with van der Waals surface area (Å²) in [5.74, 6) is -1.40. The van der Waals surface area contributed by atoms with Gasteiger partial charge >= 0.3 is 11.8 Å². The van der Waals surface area contributed by atoms with Crippen LogP contribution in [-0.2, 0) is 16.0 Å². The summed E-state index contributed by atoms with van der Waals surface area (Å²) in [6, 6.07) is 13.9. The molecule has 28 heavy (non-hydrogen) atoms. The molecule has 1 N–H and O–H groups in total. The number of piperazine rings is 1. The number of carbonyl (C=O) groups is 2. The molecule has 2 amide bonds. The zero-order valence-electron chi connectivity index (χ0n) is 16.2. The number of nitrogens with zero attached hydrogens (tertiary/aromatic N) is 2. The van der Waals surface area contributed by atoms with Crippen LogP contribution in [0.4, 0.5) is 15.8 Å². The molecule has 5 nitrogen and oxygen atoms in total. The number of hydrogen-bond donors (Lipinski definition) is 1. The number of anilines is 2. The number of benzene rings is 2. The monoisotopic (exact) mass is 383 g/mol. The molecule has 1 saturated heterocycles. The van der Waals surface area contributed by atoms with Crippen molar-refractivity contribution in [2.24, 2.45) is 0 Å². The molecule has 148 valence electrons. The smallest absolute Gasteiger partial charge is 0.313 e. The molecule has 1 heterocycles. The fourth-order valence-corrected chi connectivity index (χ4v) is 3.28. The minimum absolute atomic E-state index is 0.271. The van der Waals surface area contributed by atoms with E-state index in [0.717, 1.165) is 24.9 Å². The van der Waals surface area contributed by atoms with Crippen molar-refractivity contribution in [2.45, 2.75) is 26.2 Å². The number of rotatable bonds is 5. The summed E-state index contributed by atoms with van der Waals surface area (Å²) in [4.78, 5) is 28.4. The van der Waals surface area contributed by atoms with E-state index in [2.05, 4.69) is 17.1 Å². The Morgan fingerprint density at radius 1 is 0.964 bits per heavy atom. The minimum atomic E-state index is -0.614. The van der Waals surface area contributed by atoms with E-state index in [9.17, 15) is 14.0 Å². The zero-order chi connectivity index (χ0) is 19.9. The van der Waals surface area contributed by atoms with Crippen LogP contribution in [0.3, 0.4) is 0 Å². The molecule has 6 heteroatoms. The average molecular weight is 383 g/mol. The molecule has 2 aromatic carbocycles. The lowest BCUT2D eigenvalue weighted by atomic mass is 10.1. The standard InChI is InChI=1S/C22H26FN3O2/c1-2-3-4-17-5-9-19(10-6-17)24-21(27)22(28)26-15-13-25(14-16-26)20-11-7-18(23)8-12-20/h5-12H,2-4,13-16H2,1H3,(H,24,27). The number of amides is 2. The van der Waals surface area contributed by atoms with E-state index >= 15 is 0 Å². The van der Waals surface area contributed by atoms with Crippen LogP contribution in [0.5, 0.6) is 0 Å². The first-order valence-corrected chi connectivity index (χ1v) is 9.76. The van der Waals surface area contributed by atoms with Gasteiger partial charge < -0.3 is 15.1 Å². The maximum Gasteiger partial charge on any atom is 0.313 e. The molecule has 0 unspecified atom stereocenters. The lowest BCUT2D eigenvalue weighted by Crippen LogP contribution is -2.51. The van der Waals surface area contributed by atoms with Gasteiger partial charge in [0.2, 0.25) is 0 Å². The third kappa shape index (κ3) is 5.09. The topological polar surface area (TPSA) is 52.7 Å². The molecule has 1 aliphatic heterocycles. The number of nitrogens with one attached hydrogen (secondary N) is 1. The van der Waals surface area contributed by atoms with Crippen molar-refractivity contribution in [3.63, 3.8) is 0 Å². The van der Waals surface area contributed by atoms with E-state index in [4.69, 9.17) is 0 Å². The van der Waals surface area contributed by atoms with Crippen LogP contribution in [0.1, 0.15) is 25.3 Å². The first-order valence-electron chi connectivity index (χ1n) is 9.76. The lowest BCUT2D eigenvalue weighted by Gasteiger charge is -2.35. The summed E-state index contributed by atoms with van der Waals surface area (Å²) in [6.45, 7) is 4.28. The molecule has 0 bridgehead atoms. The van der Waals surface area contributed by atoms with Gasteiger partial charge in [-0.1, -0.05) is 25.5 Å². The van der Waals surface area contributed by atoms with E-state index in [1.165, 1.54) is 17.7 Å². The highest BCUT2D eigenvalue weighted by Crippen LogP contribution is 2.17. The molecule has 0 atom stereocenters. The first-order chi connectivity index (χ1) is 13.6. The van der Waals surface area contributed by atoms with E-state index in [-0.39, 0.29) is 5.82 Å². The summed E-state index contributed by atoms with van der Waals surface area (Å²) < 4.78 is 13.1. The number of halogens is 1. The SMILES string of the molecule is CCCCc1ccc(NC(=O)C(=O)N2CCN(c3ccc(F)cc3)CC2)cc1. The quantitative estimate of drug-likeness (QED) is 0.805. The third-order valence-electron chi connectivity index (χ3n) is 4.98. The largest absolute Gasteiger partial charge is 0.368 e. The normalized spacial score (nSPS) is 14.1. The lowest BCUT2D eigenvalue weighted by molar-refractivity contribution is -0.143. The van der Waals surface area contributed by atoms with Gasteiger partial charge in [-0.25, -0.2) is 4.39 Å². The second kappa shape index (κ2) is 9.35. The predicted octanol–water partition coefficient (Wildman–Crippen LogP) is 3.46. The third-order valence-corrected chi connectivity index (χ3v) is 4.98. The van der Waals surface area contributed by atoms with Crippen LogP contribution in [0, 0.1) is 5.82 Å². The molecule has 0 saturated carbocycles. The van der Waals surface area contributed by atoms with Gasteiger partial charge in [0.1, 0.15) is 5.82 Å². The Balaban J connectivity index is 1.50. The molecule has 1 fully saturated rings. The van der Waals surface area contributed by atoms with Gasteiger partial charge in [0.05, 0.1) is 0 Å².